The summed E-state index contributed by atoms with van der Waals surface area (Å²) in [6.45, 7) is 3.12. The minimum absolute atomic E-state index is 0.228. The van der Waals surface area contributed by atoms with Crippen molar-refractivity contribution in [2.24, 2.45) is 5.73 Å². The highest BCUT2D eigenvalue weighted by molar-refractivity contribution is 5.76. The van der Waals surface area contributed by atoms with Gasteiger partial charge in [0, 0.05) is 30.9 Å². The topological polar surface area (TPSA) is 118 Å². The Morgan fingerprint density at radius 3 is 2.84 bits per heavy atom. The van der Waals surface area contributed by atoms with Crippen molar-refractivity contribution in [3.05, 3.63) is 47.8 Å². The molecule has 0 saturated carbocycles. The zero-order valence-corrected chi connectivity index (χ0v) is 16.5. The smallest absolute Gasteiger partial charge is 0.400 e. The Kier molecular flexibility index (Phi) is 5.31. The van der Waals surface area contributed by atoms with Crippen molar-refractivity contribution in [2.75, 3.05) is 24.6 Å². The Morgan fingerprint density at radius 1 is 1.29 bits per heavy atom. The molecule has 3 N–H and O–H groups in total. The number of ether oxygens (including phenoxy) is 1. The van der Waals surface area contributed by atoms with Crippen LogP contribution < -0.4 is 10.6 Å². The van der Waals surface area contributed by atoms with Crippen molar-refractivity contribution in [1.82, 2.24) is 24.3 Å². The van der Waals surface area contributed by atoms with Gasteiger partial charge in [-0.2, -0.15) is 13.2 Å². The maximum absolute atomic E-state index is 13.1. The van der Waals surface area contributed by atoms with Crippen molar-refractivity contribution >= 4 is 17.7 Å². The van der Waals surface area contributed by atoms with Gasteiger partial charge < -0.3 is 20.8 Å². The quantitative estimate of drug-likeness (QED) is 0.607. The number of halogens is 3. The molecule has 162 valence electrons. The van der Waals surface area contributed by atoms with Gasteiger partial charge in [0.15, 0.2) is 17.2 Å². The average Bonchev–Trinajstić information content (AvgIpc) is 3.21. The van der Waals surface area contributed by atoms with E-state index in [1.807, 2.05) is 4.90 Å². The van der Waals surface area contributed by atoms with Crippen molar-refractivity contribution in [3.8, 4) is 11.5 Å². The third-order valence-electron chi connectivity index (χ3n) is 4.97. The number of morpholine rings is 1. The summed E-state index contributed by atoms with van der Waals surface area (Å²) in [5.41, 5.74) is 6.73. The SMILES string of the molecule is C/C(C=N)=C(/N)C1CN(c2ccnc(-c3cnc4cnc(C(F)(F)F)cn34)n2)CCO1. The van der Waals surface area contributed by atoms with Crippen LogP contribution in [-0.4, -0.2) is 56.4 Å². The van der Waals surface area contributed by atoms with E-state index in [1.54, 1.807) is 13.0 Å². The number of nitrogens with one attached hydrogen (secondary N) is 1. The van der Waals surface area contributed by atoms with E-state index in [2.05, 4.69) is 19.9 Å². The standard InChI is InChI=1S/C19H19F3N8O/c1-11(6-23)17(24)13-9-29(4-5-31-13)15-2-3-25-18(28-15)12-7-27-16-8-26-14(10-30(12)16)19(20,21)22/h2-3,6-8,10,13,23H,4-5,9,24H2,1H3/b17-11-,23-6?. The summed E-state index contributed by atoms with van der Waals surface area (Å²) in [6, 6.07) is 1.71. The molecule has 1 atom stereocenters. The maximum atomic E-state index is 13.1. The molecular formula is C19H19F3N8O. The first-order chi connectivity index (χ1) is 14.8. The molecule has 0 aliphatic carbocycles. The zero-order chi connectivity index (χ0) is 22.2. The Balaban J connectivity index is 1.67. The fourth-order valence-electron chi connectivity index (χ4n) is 3.23. The molecule has 1 fully saturated rings. The Labute approximate surface area is 174 Å². The number of hydrogen-bond donors (Lipinski definition) is 2. The van der Waals surface area contributed by atoms with Gasteiger partial charge in [0.25, 0.3) is 0 Å². The molecule has 0 radical (unpaired) electrons. The number of aromatic nitrogens is 5. The number of fused-ring (bicyclic) bond motifs is 1. The van der Waals surface area contributed by atoms with Gasteiger partial charge in [-0.1, -0.05) is 0 Å². The van der Waals surface area contributed by atoms with Crippen LogP contribution in [0.2, 0.25) is 0 Å². The Hall–Kier alpha value is -3.54. The molecule has 31 heavy (non-hydrogen) atoms. The lowest BCUT2D eigenvalue weighted by atomic mass is 10.1. The first-order valence-corrected chi connectivity index (χ1v) is 9.35. The largest absolute Gasteiger partial charge is 0.434 e. The lowest BCUT2D eigenvalue weighted by Crippen LogP contribution is -2.45. The Morgan fingerprint density at radius 2 is 2.10 bits per heavy atom. The van der Waals surface area contributed by atoms with Crippen molar-refractivity contribution in [1.29, 1.82) is 5.41 Å². The highest BCUT2D eigenvalue weighted by atomic mass is 19.4. The third kappa shape index (κ3) is 4.06. The normalized spacial score (nSPS) is 18.2. The predicted octanol–water partition coefficient (Wildman–Crippen LogP) is 2.29. The molecule has 3 aromatic heterocycles. The van der Waals surface area contributed by atoms with Gasteiger partial charge in [0.1, 0.15) is 17.6 Å². The number of imidazole rings is 1. The van der Waals surface area contributed by atoms with Crippen LogP contribution in [-0.2, 0) is 10.9 Å². The van der Waals surface area contributed by atoms with Gasteiger partial charge in [-0.25, -0.2) is 19.9 Å². The fraction of sp³-hybridized carbons (Fsp3) is 0.316. The highest BCUT2D eigenvalue weighted by Crippen LogP contribution is 2.29. The van der Waals surface area contributed by atoms with Crippen LogP contribution in [0.25, 0.3) is 17.2 Å². The Bertz CT molecular complexity index is 1160. The van der Waals surface area contributed by atoms with Crippen LogP contribution in [0.5, 0.6) is 0 Å². The summed E-state index contributed by atoms with van der Waals surface area (Å²) in [7, 11) is 0. The second-order valence-electron chi connectivity index (χ2n) is 6.97. The van der Waals surface area contributed by atoms with E-state index >= 15 is 0 Å². The first kappa shape index (κ1) is 20.7. The molecule has 12 heteroatoms. The molecule has 0 aromatic carbocycles. The molecule has 4 heterocycles. The molecule has 0 bridgehead atoms. The number of rotatable bonds is 4. The van der Waals surface area contributed by atoms with Gasteiger partial charge in [0.2, 0.25) is 0 Å². The van der Waals surface area contributed by atoms with Gasteiger partial charge in [0.05, 0.1) is 25.5 Å². The van der Waals surface area contributed by atoms with E-state index in [9.17, 15) is 13.2 Å². The molecule has 0 amide bonds. The van der Waals surface area contributed by atoms with Crippen LogP contribution >= 0.6 is 0 Å². The van der Waals surface area contributed by atoms with Crippen LogP contribution in [0.3, 0.4) is 0 Å². The lowest BCUT2D eigenvalue weighted by molar-refractivity contribution is -0.141. The van der Waals surface area contributed by atoms with E-state index in [1.165, 1.54) is 23.0 Å². The molecule has 1 saturated heterocycles. The summed E-state index contributed by atoms with van der Waals surface area (Å²) < 4.78 is 46.2. The summed E-state index contributed by atoms with van der Waals surface area (Å²) in [5.74, 6) is 0.810. The molecule has 4 rings (SSSR count). The number of nitrogens with two attached hydrogens (primary N) is 1. The monoisotopic (exact) mass is 432 g/mol. The molecule has 3 aromatic rings. The number of hydrogen-bond acceptors (Lipinski definition) is 8. The van der Waals surface area contributed by atoms with Crippen LogP contribution in [0.4, 0.5) is 19.0 Å². The summed E-state index contributed by atoms with van der Waals surface area (Å²) in [4.78, 5) is 18.2. The number of nitrogens with zero attached hydrogens (tertiary/aromatic N) is 6. The summed E-state index contributed by atoms with van der Waals surface area (Å²) >= 11 is 0. The van der Waals surface area contributed by atoms with Crippen molar-refractivity contribution in [2.45, 2.75) is 19.2 Å². The van der Waals surface area contributed by atoms with E-state index in [4.69, 9.17) is 15.9 Å². The predicted molar refractivity (Wildman–Crippen MR) is 107 cm³/mol. The van der Waals surface area contributed by atoms with Crippen LogP contribution in [0.1, 0.15) is 12.6 Å². The van der Waals surface area contributed by atoms with Crippen molar-refractivity contribution < 1.29 is 17.9 Å². The molecule has 0 spiro atoms. The minimum atomic E-state index is -4.58. The average molecular weight is 432 g/mol. The third-order valence-corrected chi connectivity index (χ3v) is 4.97. The van der Waals surface area contributed by atoms with Crippen LogP contribution in [0, 0.1) is 5.41 Å². The number of alkyl halides is 3. The second-order valence-corrected chi connectivity index (χ2v) is 6.97. The molecule has 1 unspecified atom stereocenters. The number of allylic oxidation sites excluding steroid dienone is 1. The number of anilines is 1. The molecule has 1 aliphatic rings. The molecular weight excluding hydrogens is 413 g/mol. The minimum Gasteiger partial charge on any atom is -0.400 e. The van der Waals surface area contributed by atoms with E-state index < -0.39 is 18.0 Å². The highest BCUT2D eigenvalue weighted by Gasteiger charge is 2.33. The van der Waals surface area contributed by atoms with Gasteiger partial charge in [-0.05, 0) is 18.6 Å². The van der Waals surface area contributed by atoms with Crippen LogP contribution in [0.15, 0.2) is 42.1 Å². The fourth-order valence-corrected chi connectivity index (χ4v) is 3.23. The van der Waals surface area contributed by atoms with Gasteiger partial charge in [-0.3, -0.25) is 4.40 Å². The lowest BCUT2D eigenvalue weighted by Gasteiger charge is -2.34. The zero-order valence-electron chi connectivity index (χ0n) is 16.5. The molecule has 1 aliphatic heterocycles. The first-order valence-electron chi connectivity index (χ1n) is 9.35. The van der Waals surface area contributed by atoms with Gasteiger partial charge >= 0.3 is 6.18 Å². The van der Waals surface area contributed by atoms with E-state index in [0.717, 1.165) is 12.4 Å². The summed E-state index contributed by atoms with van der Waals surface area (Å²) in [5, 5.41) is 7.36. The van der Waals surface area contributed by atoms with Crippen molar-refractivity contribution in [3.63, 3.8) is 0 Å². The van der Waals surface area contributed by atoms with Gasteiger partial charge in [-0.15, -0.1) is 0 Å². The van der Waals surface area contributed by atoms with E-state index in [-0.39, 0.29) is 11.5 Å². The maximum Gasteiger partial charge on any atom is 0.434 e. The summed E-state index contributed by atoms with van der Waals surface area (Å²) in [6.07, 6.45) is 1.08. The second kappa shape index (κ2) is 7.95. The molecule has 9 nitrogen and oxygen atoms in total. The van der Waals surface area contributed by atoms with E-state index in [0.29, 0.717) is 42.5 Å².